The number of nitrogens with one attached hydrogen (secondary N) is 1. The van der Waals surface area contributed by atoms with Crippen molar-refractivity contribution in [1.29, 1.82) is 0 Å². The summed E-state index contributed by atoms with van der Waals surface area (Å²) in [4.78, 5) is 25.5. The van der Waals surface area contributed by atoms with Crippen molar-refractivity contribution in [2.24, 2.45) is 0 Å². The highest BCUT2D eigenvalue weighted by molar-refractivity contribution is 7.99. The lowest BCUT2D eigenvalue weighted by molar-refractivity contribution is -0.121. The van der Waals surface area contributed by atoms with E-state index in [1.54, 1.807) is 23.9 Å². The molecule has 0 spiro atoms. The summed E-state index contributed by atoms with van der Waals surface area (Å²) in [6.45, 7) is 2.82. The molecule has 1 aliphatic heterocycles. The number of para-hydroxylation sites is 1. The van der Waals surface area contributed by atoms with Crippen molar-refractivity contribution in [2.75, 3.05) is 17.7 Å². The molecule has 0 aromatic heterocycles. The molecular weight excluding hydrogens is 260 g/mol. The van der Waals surface area contributed by atoms with Crippen LogP contribution in [0.25, 0.3) is 0 Å². The van der Waals surface area contributed by atoms with Gasteiger partial charge in [0.1, 0.15) is 0 Å². The third kappa shape index (κ3) is 3.16. The third-order valence-electron chi connectivity index (χ3n) is 3.22. The Kier molecular flexibility index (Phi) is 4.61. The van der Waals surface area contributed by atoms with Gasteiger partial charge < -0.3 is 5.32 Å². The summed E-state index contributed by atoms with van der Waals surface area (Å²) < 4.78 is 0. The van der Waals surface area contributed by atoms with E-state index < -0.39 is 0 Å². The van der Waals surface area contributed by atoms with Crippen LogP contribution in [0.4, 0.5) is 5.69 Å². The molecule has 2 amide bonds. The van der Waals surface area contributed by atoms with E-state index in [-0.39, 0.29) is 24.3 Å². The van der Waals surface area contributed by atoms with E-state index in [1.807, 2.05) is 24.5 Å². The normalized spacial score (nSPS) is 20.9. The van der Waals surface area contributed by atoms with Crippen LogP contribution in [0.1, 0.15) is 13.3 Å². The van der Waals surface area contributed by atoms with Crippen LogP contribution < -0.4 is 10.2 Å². The van der Waals surface area contributed by atoms with Crippen LogP contribution in [-0.4, -0.2) is 35.9 Å². The zero-order chi connectivity index (χ0) is 13.8. The van der Waals surface area contributed by atoms with Crippen LogP contribution >= 0.6 is 11.8 Å². The molecule has 4 nitrogen and oxygen atoms in total. The van der Waals surface area contributed by atoms with E-state index in [9.17, 15) is 9.59 Å². The number of imide groups is 1. The summed E-state index contributed by atoms with van der Waals surface area (Å²) in [5.74, 6) is -0.282. The van der Waals surface area contributed by atoms with Gasteiger partial charge in [-0.25, -0.2) is 4.90 Å². The van der Waals surface area contributed by atoms with Crippen molar-refractivity contribution in [3.63, 3.8) is 0 Å². The van der Waals surface area contributed by atoms with E-state index in [2.05, 4.69) is 12.2 Å². The fourth-order valence-corrected chi connectivity index (χ4v) is 2.29. The van der Waals surface area contributed by atoms with Crippen molar-refractivity contribution in [3.8, 4) is 0 Å². The van der Waals surface area contributed by atoms with Crippen molar-refractivity contribution in [2.45, 2.75) is 24.6 Å². The molecule has 0 radical (unpaired) electrons. The van der Waals surface area contributed by atoms with E-state index in [1.165, 1.54) is 4.90 Å². The molecule has 1 heterocycles. The molecule has 1 aliphatic rings. The molecule has 2 unspecified atom stereocenters. The Morgan fingerprint density at radius 1 is 1.37 bits per heavy atom. The van der Waals surface area contributed by atoms with Crippen molar-refractivity contribution in [3.05, 3.63) is 30.3 Å². The van der Waals surface area contributed by atoms with Gasteiger partial charge in [0.05, 0.1) is 18.2 Å². The van der Waals surface area contributed by atoms with Crippen LogP contribution in [0, 0.1) is 0 Å². The minimum absolute atomic E-state index is 0.134. The molecule has 19 heavy (non-hydrogen) atoms. The standard InChI is InChI=1S/C14H18N2O2S/c1-10(19-2)9-15-12-8-13(17)16(14(12)18)11-6-4-3-5-7-11/h3-7,10,12,15H,8-9H2,1-2H3. The summed E-state index contributed by atoms with van der Waals surface area (Å²) in [5.41, 5.74) is 0.653. The first kappa shape index (κ1) is 14.1. The Bertz CT molecular complexity index is 464. The molecule has 2 atom stereocenters. The number of amides is 2. The second kappa shape index (κ2) is 6.21. The SMILES string of the molecule is CSC(C)CNC1CC(=O)N(c2ccccc2)C1=O. The van der Waals surface area contributed by atoms with Crippen LogP contribution in [-0.2, 0) is 9.59 Å². The highest BCUT2D eigenvalue weighted by Gasteiger charge is 2.39. The van der Waals surface area contributed by atoms with E-state index >= 15 is 0 Å². The Balaban J connectivity index is 2.05. The molecule has 1 N–H and O–H groups in total. The predicted molar refractivity (Wildman–Crippen MR) is 78.3 cm³/mol. The topological polar surface area (TPSA) is 49.4 Å². The first-order valence-corrected chi connectivity index (χ1v) is 7.60. The van der Waals surface area contributed by atoms with Gasteiger partial charge in [-0.1, -0.05) is 25.1 Å². The Morgan fingerprint density at radius 2 is 2.05 bits per heavy atom. The predicted octanol–water partition coefficient (Wildman–Crippen LogP) is 1.66. The molecule has 1 fully saturated rings. The highest BCUT2D eigenvalue weighted by atomic mass is 32.2. The van der Waals surface area contributed by atoms with Gasteiger partial charge in [0, 0.05) is 11.8 Å². The lowest BCUT2D eigenvalue weighted by Gasteiger charge is -2.16. The fourth-order valence-electron chi connectivity index (χ4n) is 2.03. The van der Waals surface area contributed by atoms with E-state index in [4.69, 9.17) is 0 Å². The van der Waals surface area contributed by atoms with Crippen LogP contribution in [0.2, 0.25) is 0 Å². The van der Waals surface area contributed by atoms with E-state index in [0.29, 0.717) is 10.9 Å². The number of anilines is 1. The number of carbonyl (C=O) groups is 2. The third-order valence-corrected chi connectivity index (χ3v) is 4.19. The Hall–Kier alpha value is -1.33. The largest absolute Gasteiger partial charge is 0.304 e. The quantitative estimate of drug-likeness (QED) is 0.832. The Labute approximate surface area is 117 Å². The minimum atomic E-state index is -0.387. The monoisotopic (exact) mass is 278 g/mol. The minimum Gasteiger partial charge on any atom is -0.304 e. The first-order chi connectivity index (χ1) is 9.13. The van der Waals surface area contributed by atoms with Gasteiger partial charge in [0.2, 0.25) is 5.91 Å². The molecule has 2 rings (SSSR count). The molecule has 5 heteroatoms. The van der Waals surface area contributed by atoms with Gasteiger partial charge in [0.15, 0.2) is 0 Å². The number of rotatable bonds is 5. The maximum Gasteiger partial charge on any atom is 0.251 e. The maximum absolute atomic E-state index is 12.3. The van der Waals surface area contributed by atoms with Crippen molar-refractivity contribution < 1.29 is 9.59 Å². The van der Waals surface area contributed by atoms with Gasteiger partial charge >= 0.3 is 0 Å². The molecule has 1 aromatic carbocycles. The summed E-state index contributed by atoms with van der Waals surface area (Å²) in [7, 11) is 0. The first-order valence-electron chi connectivity index (χ1n) is 6.31. The molecule has 1 saturated heterocycles. The second-order valence-electron chi connectivity index (χ2n) is 4.61. The number of carbonyl (C=O) groups excluding carboxylic acids is 2. The average Bonchev–Trinajstić information content (AvgIpc) is 2.71. The van der Waals surface area contributed by atoms with Crippen LogP contribution in [0.15, 0.2) is 30.3 Å². The molecule has 0 bridgehead atoms. The van der Waals surface area contributed by atoms with Crippen molar-refractivity contribution >= 4 is 29.3 Å². The summed E-state index contributed by atoms with van der Waals surface area (Å²) in [6.07, 6.45) is 2.28. The molecule has 1 aromatic rings. The lowest BCUT2D eigenvalue weighted by Crippen LogP contribution is -2.40. The highest BCUT2D eigenvalue weighted by Crippen LogP contribution is 2.22. The van der Waals surface area contributed by atoms with Crippen molar-refractivity contribution in [1.82, 2.24) is 5.32 Å². The van der Waals surface area contributed by atoms with Crippen LogP contribution in [0.3, 0.4) is 0 Å². The van der Waals surface area contributed by atoms with Gasteiger partial charge in [0.25, 0.3) is 5.91 Å². The lowest BCUT2D eigenvalue weighted by atomic mass is 10.2. The van der Waals surface area contributed by atoms with Gasteiger partial charge in [-0.15, -0.1) is 0 Å². The summed E-state index contributed by atoms with van der Waals surface area (Å²) >= 11 is 1.74. The van der Waals surface area contributed by atoms with E-state index in [0.717, 1.165) is 6.54 Å². The van der Waals surface area contributed by atoms with Gasteiger partial charge in [-0.05, 0) is 18.4 Å². The number of benzene rings is 1. The number of thioether (sulfide) groups is 1. The number of nitrogens with zero attached hydrogens (tertiary/aromatic N) is 1. The van der Waals surface area contributed by atoms with Gasteiger partial charge in [-0.2, -0.15) is 11.8 Å². The zero-order valence-electron chi connectivity index (χ0n) is 11.1. The summed E-state index contributed by atoms with van der Waals surface area (Å²) in [5, 5.41) is 3.60. The Morgan fingerprint density at radius 3 is 2.68 bits per heavy atom. The molecule has 0 aliphatic carbocycles. The smallest absolute Gasteiger partial charge is 0.251 e. The summed E-state index contributed by atoms with van der Waals surface area (Å²) in [6, 6.07) is 8.69. The number of hydrogen-bond donors (Lipinski definition) is 1. The maximum atomic E-state index is 12.3. The molecular formula is C14H18N2O2S. The second-order valence-corrected chi connectivity index (χ2v) is 5.89. The van der Waals surface area contributed by atoms with Crippen LogP contribution in [0.5, 0.6) is 0 Å². The molecule has 102 valence electrons. The van der Waals surface area contributed by atoms with Gasteiger partial charge in [-0.3, -0.25) is 9.59 Å². The molecule has 0 saturated carbocycles. The average molecular weight is 278 g/mol. The fraction of sp³-hybridized carbons (Fsp3) is 0.429. The zero-order valence-corrected chi connectivity index (χ0v) is 11.9. The number of hydrogen-bond acceptors (Lipinski definition) is 4.